The SMILES string of the molecule is CCCNC(=O)c1c(N)sc(C(=O)OCC(C)C)c1C. The first-order chi connectivity index (χ1) is 9.38. The van der Waals surface area contributed by atoms with Gasteiger partial charge in [-0.15, -0.1) is 11.3 Å². The average Bonchev–Trinajstić information content (AvgIpc) is 2.68. The summed E-state index contributed by atoms with van der Waals surface area (Å²) in [4.78, 5) is 24.4. The number of hydrogen-bond acceptors (Lipinski definition) is 5. The maximum atomic E-state index is 12.0. The van der Waals surface area contributed by atoms with Crippen LogP contribution in [0.5, 0.6) is 0 Å². The lowest BCUT2D eigenvalue weighted by atomic mass is 10.1. The summed E-state index contributed by atoms with van der Waals surface area (Å²) in [6.07, 6.45) is 0.845. The van der Waals surface area contributed by atoms with E-state index in [4.69, 9.17) is 10.5 Å². The van der Waals surface area contributed by atoms with Gasteiger partial charge in [-0.2, -0.15) is 0 Å². The molecule has 0 bridgehead atoms. The van der Waals surface area contributed by atoms with Crippen LogP contribution in [0.15, 0.2) is 0 Å². The van der Waals surface area contributed by atoms with E-state index in [1.54, 1.807) is 6.92 Å². The van der Waals surface area contributed by atoms with Gasteiger partial charge >= 0.3 is 5.97 Å². The predicted molar refractivity (Wildman–Crippen MR) is 81.2 cm³/mol. The van der Waals surface area contributed by atoms with Gasteiger partial charge in [0.25, 0.3) is 5.91 Å². The third-order valence-electron chi connectivity index (χ3n) is 2.67. The van der Waals surface area contributed by atoms with Gasteiger partial charge in [0.2, 0.25) is 0 Å². The highest BCUT2D eigenvalue weighted by molar-refractivity contribution is 7.18. The number of anilines is 1. The number of esters is 1. The number of carbonyl (C=O) groups excluding carboxylic acids is 2. The zero-order chi connectivity index (χ0) is 15.3. The highest BCUT2D eigenvalue weighted by Gasteiger charge is 2.24. The van der Waals surface area contributed by atoms with E-state index in [0.717, 1.165) is 17.8 Å². The Bertz CT molecular complexity index is 495. The molecule has 20 heavy (non-hydrogen) atoms. The summed E-state index contributed by atoms with van der Waals surface area (Å²) in [5.41, 5.74) is 6.84. The van der Waals surface area contributed by atoms with E-state index in [1.165, 1.54) is 0 Å². The number of nitrogens with one attached hydrogen (secondary N) is 1. The molecule has 1 aromatic rings. The van der Waals surface area contributed by atoms with Crippen LogP contribution in [0.2, 0.25) is 0 Å². The first-order valence-electron chi connectivity index (χ1n) is 6.72. The topological polar surface area (TPSA) is 81.4 Å². The highest BCUT2D eigenvalue weighted by atomic mass is 32.1. The molecule has 3 N–H and O–H groups in total. The van der Waals surface area contributed by atoms with Crippen LogP contribution in [0, 0.1) is 12.8 Å². The Morgan fingerprint density at radius 2 is 2.05 bits per heavy atom. The van der Waals surface area contributed by atoms with Gasteiger partial charge in [-0.05, 0) is 24.8 Å². The molecule has 0 saturated heterocycles. The Morgan fingerprint density at radius 1 is 1.40 bits per heavy atom. The molecule has 0 spiro atoms. The molecule has 112 valence electrons. The van der Waals surface area contributed by atoms with E-state index in [0.29, 0.717) is 34.2 Å². The van der Waals surface area contributed by atoms with E-state index in [1.807, 2.05) is 20.8 Å². The van der Waals surface area contributed by atoms with Crippen LogP contribution in [0.25, 0.3) is 0 Å². The predicted octanol–water partition coefficient (Wildman–Crippen LogP) is 2.59. The van der Waals surface area contributed by atoms with Crippen LogP contribution in [-0.2, 0) is 4.74 Å². The van der Waals surface area contributed by atoms with Gasteiger partial charge in [0.1, 0.15) is 4.88 Å². The molecule has 0 atom stereocenters. The Morgan fingerprint density at radius 3 is 2.60 bits per heavy atom. The molecule has 1 rings (SSSR count). The molecule has 0 aliphatic carbocycles. The van der Waals surface area contributed by atoms with Crippen molar-refractivity contribution in [1.82, 2.24) is 5.32 Å². The fourth-order valence-electron chi connectivity index (χ4n) is 1.65. The number of hydrogen-bond donors (Lipinski definition) is 2. The summed E-state index contributed by atoms with van der Waals surface area (Å²) in [6, 6.07) is 0. The fourth-order valence-corrected chi connectivity index (χ4v) is 2.61. The van der Waals surface area contributed by atoms with Crippen molar-refractivity contribution >= 4 is 28.2 Å². The lowest BCUT2D eigenvalue weighted by molar-refractivity contribution is 0.0464. The first kappa shape index (κ1) is 16.5. The van der Waals surface area contributed by atoms with Crippen molar-refractivity contribution in [2.24, 2.45) is 5.92 Å². The van der Waals surface area contributed by atoms with Crippen LogP contribution in [0.4, 0.5) is 5.00 Å². The van der Waals surface area contributed by atoms with Crippen molar-refractivity contribution in [3.8, 4) is 0 Å². The van der Waals surface area contributed by atoms with E-state index in [-0.39, 0.29) is 11.8 Å². The standard InChI is InChI=1S/C14H22N2O3S/c1-5-6-16-13(17)10-9(4)11(20-12(10)15)14(18)19-7-8(2)3/h8H,5-7,15H2,1-4H3,(H,16,17). The molecule has 0 unspecified atom stereocenters. The summed E-state index contributed by atoms with van der Waals surface area (Å²) in [5, 5.41) is 3.12. The summed E-state index contributed by atoms with van der Waals surface area (Å²) in [6.45, 7) is 8.56. The Hall–Kier alpha value is -1.56. The van der Waals surface area contributed by atoms with Crippen LogP contribution in [0.1, 0.15) is 52.8 Å². The molecule has 6 heteroatoms. The van der Waals surface area contributed by atoms with Gasteiger partial charge in [0.05, 0.1) is 17.2 Å². The molecule has 0 fully saturated rings. The van der Waals surface area contributed by atoms with Gasteiger partial charge in [-0.1, -0.05) is 20.8 Å². The molecule has 0 saturated carbocycles. The molecule has 0 aliphatic rings. The maximum absolute atomic E-state index is 12.0. The second-order valence-corrected chi connectivity index (χ2v) is 6.10. The molecule has 5 nitrogen and oxygen atoms in total. The lowest BCUT2D eigenvalue weighted by Crippen LogP contribution is -2.25. The zero-order valence-electron chi connectivity index (χ0n) is 12.4. The van der Waals surface area contributed by atoms with Crippen molar-refractivity contribution in [2.45, 2.75) is 34.1 Å². The zero-order valence-corrected chi connectivity index (χ0v) is 13.2. The van der Waals surface area contributed by atoms with Crippen molar-refractivity contribution in [3.63, 3.8) is 0 Å². The normalized spacial score (nSPS) is 10.7. The van der Waals surface area contributed by atoms with E-state index < -0.39 is 5.97 Å². The third-order valence-corrected chi connectivity index (χ3v) is 3.77. The van der Waals surface area contributed by atoms with Gasteiger partial charge in [-0.25, -0.2) is 4.79 Å². The molecular formula is C14H22N2O3S. The largest absolute Gasteiger partial charge is 0.461 e. The number of nitrogen functional groups attached to an aromatic ring is 1. The smallest absolute Gasteiger partial charge is 0.348 e. The number of ether oxygens (including phenoxy) is 1. The van der Waals surface area contributed by atoms with Crippen LogP contribution >= 0.6 is 11.3 Å². The minimum Gasteiger partial charge on any atom is -0.461 e. The van der Waals surface area contributed by atoms with Crippen molar-refractivity contribution in [2.75, 3.05) is 18.9 Å². The summed E-state index contributed by atoms with van der Waals surface area (Å²) >= 11 is 1.10. The lowest BCUT2D eigenvalue weighted by Gasteiger charge is -2.07. The van der Waals surface area contributed by atoms with E-state index in [2.05, 4.69) is 5.32 Å². The molecule has 0 aliphatic heterocycles. The van der Waals surface area contributed by atoms with Crippen molar-refractivity contribution < 1.29 is 14.3 Å². The van der Waals surface area contributed by atoms with Gasteiger partial charge in [0, 0.05) is 6.54 Å². The van der Waals surface area contributed by atoms with Crippen molar-refractivity contribution in [1.29, 1.82) is 0 Å². The number of rotatable bonds is 6. The Kier molecular flexibility index (Phi) is 6.01. The van der Waals surface area contributed by atoms with Crippen molar-refractivity contribution in [3.05, 3.63) is 16.0 Å². The minimum atomic E-state index is -0.414. The van der Waals surface area contributed by atoms with Crippen LogP contribution in [-0.4, -0.2) is 25.0 Å². The number of amides is 1. The molecule has 1 aromatic heterocycles. The number of nitrogens with two attached hydrogens (primary N) is 1. The summed E-state index contributed by atoms with van der Waals surface area (Å²) in [5.74, 6) is -0.382. The van der Waals surface area contributed by atoms with Gasteiger partial charge in [0.15, 0.2) is 0 Å². The molecular weight excluding hydrogens is 276 g/mol. The van der Waals surface area contributed by atoms with Crippen LogP contribution < -0.4 is 11.1 Å². The first-order valence-corrected chi connectivity index (χ1v) is 7.54. The van der Waals surface area contributed by atoms with Gasteiger partial charge < -0.3 is 15.8 Å². The maximum Gasteiger partial charge on any atom is 0.348 e. The molecule has 1 amide bonds. The molecule has 0 radical (unpaired) electrons. The fraction of sp³-hybridized carbons (Fsp3) is 0.571. The number of thiophene rings is 1. The summed E-state index contributed by atoms with van der Waals surface area (Å²) in [7, 11) is 0. The highest BCUT2D eigenvalue weighted by Crippen LogP contribution is 2.31. The van der Waals surface area contributed by atoms with Gasteiger partial charge in [-0.3, -0.25) is 4.79 Å². The van der Waals surface area contributed by atoms with E-state index in [9.17, 15) is 9.59 Å². The molecule has 1 heterocycles. The van der Waals surface area contributed by atoms with Crippen LogP contribution in [0.3, 0.4) is 0 Å². The quantitative estimate of drug-likeness (QED) is 0.791. The second-order valence-electron chi connectivity index (χ2n) is 5.04. The Labute approximate surface area is 123 Å². The summed E-state index contributed by atoms with van der Waals surface area (Å²) < 4.78 is 5.18. The molecule has 0 aromatic carbocycles. The average molecular weight is 298 g/mol. The Balaban J connectivity index is 2.91. The monoisotopic (exact) mass is 298 g/mol. The third kappa shape index (κ3) is 3.96. The minimum absolute atomic E-state index is 0.235. The number of carbonyl (C=O) groups is 2. The van der Waals surface area contributed by atoms with E-state index >= 15 is 0 Å². The second kappa shape index (κ2) is 7.28.